The molecule has 2 rings (SSSR count). The molecular weight excluding hydrogens is 179 g/mol. The van der Waals surface area contributed by atoms with E-state index in [0.29, 0.717) is 6.54 Å². The second-order valence-electron chi connectivity index (χ2n) is 4.88. The number of alkyl halides is 1. The van der Waals surface area contributed by atoms with Crippen molar-refractivity contribution in [3.63, 3.8) is 0 Å². The Balaban J connectivity index is 1.63. The monoisotopic (exact) mass is 200 g/mol. The minimum absolute atomic E-state index is 0.562. The van der Waals surface area contributed by atoms with E-state index in [0.717, 1.165) is 32.0 Å². The maximum absolute atomic E-state index is 12.9. The number of rotatable bonds is 3. The molecule has 2 nitrogen and oxygen atoms in total. The Bertz CT molecular complexity index is 166. The lowest BCUT2D eigenvalue weighted by Gasteiger charge is -2.20. The van der Waals surface area contributed by atoms with Crippen molar-refractivity contribution in [2.24, 2.45) is 5.92 Å². The van der Waals surface area contributed by atoms with Crippen LogP contribution in [0.25, 0.3) is 0 Å². The Kier molecular flexibility index (Phi) is 3.39. The third-order valence-electron chi connectivity index (χ3n) is 3.46. The Hall–Kier alpha value is -0.150. The molecule has 2 aliphatic heterocycles. The standard InChI is InChI=1S/C11H21FN2/c1-10-2-4-13(8-10)6-7-14-5-3-11(12)9-14/h10-11H,2-9H2,1H3/t10-,11-/m1/s1. The quantitative estimate of drug-likeness (QED) is 0.679. The van der Waals surface area contributed by atoms with Crippen LogP contribution in [0.3, 0.4) is 0 Å². The molecule has 0 amide bonds. The minimum Gasteiger partial charge on any atom is -0.302 e. The lowest BCUT2D eigenvalue weighted by atomic mass is 10.2. The van der Waals surface area contributed by atoms with E-state index in [9.17, 15) is 4.39 Å². The Morgan fingerprint density at radius 3 is 2.21 bits per heavy atom. The van der Waals surface area contributed by atoms with Crippen molar-refractivity contribution in [1.82, 2.24) is 9.80 Å². The van der Waals surface area contributed by atoms with Gasteiger partial charge >= 0.3 is 0 Å². The van der Waals surface area contributed by atoms with Crippen LogP contribution in [0.4, 0.5) is 4.39 Å². The fourth-order valence-electron chi connectivity index (χ4n) is 2.50. The van der Waals surface area contributed by atoms with E-state index in [4.69, 9.17) is 0 Å². The number of hydrogen-bond donors (Lipinski definition) is 0. The summed E-state index contributed by atoms with van der Waals surface area (Å²) in [6.45, 7) is 8.63. The van der Waals surface area contributed by atoms with E-state index in [2.05, 4.69) is 16.7 Å². The zero-order valence-corrected chi connectivity index (χ0v) is 9.08. The van der Waals surface area contributed by atoms with Crippen LogP contribution in [0.5, 0.6) is 0 Å². The predicted octanol–water partition coefficient (Wildman–Crippen LogP) is 1.37. The van der Waals surface area contributed by atoms with Gasteiger partial charge in [-0.05, 0) is 25.3 Å². The maximum Gasteiger partial charge on any atom is 0.114 e. The first-order valence-electron chi connectivity index (χ1n) is 5.83. The molecule has 0 saturated carbocycles. The second-order valence-corrected chi connectivity index (χ2v) is 4.88. The number of nitrogens with zero attached hydrogens (tertiary/aromatic N) is 2. The third kappa shape index (κ3) is 2.67. The van der Waals surface area contributed by atoms with Crippen LogP contribution in [0.15, 0.2) is 0 Å². The van der Waals surface area contributed by atoms with E-state index < -0.39 is 6.17 Å². The van der Waals surface area contributed by atoms with Crippen LogP contribution in [0.2, 0.25) is 0 Å². The van der Waals surface area contributed by atoms with Crippen LogP contribution in [0, 0.1) is 5.92 Å². The Morgan fingerprint density at radius 2 is 1.71 bits per heavy atom. The van der Waals surface area contributed by atoms with Crippen LogP contribution < -0.4 is 0 Å². The third-order valence-corrected chi connectivity index (χ3v) is 3.46. The lowest BCUT2D eigenvalue weighted by molar-refractivity contribution is 0.238. The van der Waals surface area contributed by atoms with E-state index in [-0.39, 0.29) is 0 Å². The zero-order valence-electron chi connectivity index (χ0n) is 9.08. The normalized spacial score (nSPS) is 35.6. The Morgan fingerprint density at radius 1 is 1.07 bits per heavy atom. The van der Waals surface area contributed by atoms with Gasteiger partial charge in [0.2, 0.25) is 0 Å². The van der Waals surface area contributed by atoms with Crippen molar-refractivity contribution in [2.45, 2.75) is 25.9 Å². The molecule has 0 aromatic heterocycles. The molecule has 82 valence electrons. The first-order chi connectivity index (χ1) is 6.74. The highest BCUT2D eigenvalue weighted by atomic mass is 19.1. The van der Waals surface area contributed by atoms with Gasteiger partial charge in [-0.3, -0.25) is 4.90 Å². The molecule has 2 atom stereocenters. The average Bonchev–Trinajstić information content (AvgIpc) is 2.72. The minimum atomic E-state index is -0.562. The molecule has 0 N–H and O–H groups in total. The summed E-state index contributed by atoms with van der Waals surface area (Å²) in [6, 6.07) is 0. The first kappa shape index (κ1) is 10.4. The summed E-state index contributed by atoms with van der Waals surface area (Å²) in [5.74, 6) is 0.863. The van der Waals surface area contributed by atoms with Gasteiger partial charge < -0.3 is 4.90 Å². The van der Waals surface area contributed by atoms with Crippen molar-refractivity contribution in [3.8, 4) is 0 Å². The fraction of sp³-hybridized carbons (Fsp3) is 1.00. The van der Waals surface area contributed by atoms with Gasteiger partial charge in [-0.15, -0.1) is 0 Å². The molecule has 0 spiro atoms. The summed E-state index contributed by atoms with van der Waals surface area (Å²) in [5, 5.41) is 0. The van der Waals surface area contributed by atoms with E-state index >= 15 is 0 Å². The van der Waals surface area contributed by atoms with Crippen molar-refractivity contribution in [1.29, 1.82) is 0 Å². The van der Waals surface area contributed by atoms with Crippen molar-refractivity contribution < 1.29 is 4.39 Å². The van der Waals surface area contributed by atoms with Gasteiger partial charge in [0, 0.05) is 32.7 Å². The van der Waals surface area contributed by atoms with Gasteiger partial charge in [0.15, 0.2) is 0 Å². The topological polar surface area (TPSA) is 6.48 Å². The highest BCUT2D eigenvalue weighted by molar-refractivity contribution is 4.78. The SMILES string of the molecule is C[C@@H]1CCN(CCN2CC[C@@H](F)C2)C1. The predicted molar refractivity (Wildman–Crippen MR) is 56.2 cm³/mol. The van der Waals surface area contributed by atoms with Gasteiger partial charge in [0.05, 0.1) is 0 Å². The van der Waals surface area contributed by atoms with Crippen LogP contribution in [-0.4, -0.2) is 55.2 Å². The molecule has 2 aliphatic rings. The van der Waals surface area contributed by atoms with E-state index in [1.54, 1.807) is 0 Å². The highest BCUT2D eigenvalue weighted by Gasteiger charge is 2.23. The molecule has 0 radical (unpaired) electrons. The van der Waals surface area contributed by atoms with Gasteiger partial charge in [0.25, 0.3) is 0 Å². The summed E-state index contributed by atoms with van der Waals surface area (Å²) in [5.41, 5.74) is 0. The molecule has 3 heteroatoms. The lowest BCUT2D eigenvalue weighted by Crippen LogP contribution is -2.33. The van der Waals surface area contributed by atoms with Crippen molar-refractivity contribution in [3.05, 3.63) is 0 Å². The first-order valence-corrected chi connectivity index (χ1v) is 5.83. The molecule has 14 heavy (non-hydrogen) atoms. The largest absolute Gasteiger partial charge is 0.302 e. The molecule has 2 fully saturated rings. The average molecular weight is 200 g/mol. The van der Waals surface area contributed by atoms with Crippen molar-refractivity contribution >= 4 is 0 Å². The van der Waals surface area contributed by atoms with Gasteiger partial charge in [-0.25, -0.2) is 4.39 Å². The summed E-state index contributed by atoms with van der Waals surface area (Å²) in [6.07, 6.45) is 1.52. The molecule has 0 aromatic rings. The number of halogens is 1. The molecular formula is C11H21FN2. The molecule has 2 saturated heterocycles. The van der Waals surface area contributed by atoms with Crippen LogP contribution in [-0.2, 0) is 0 Å². The molecule has 0 aromatic carbocycles. The smallest absolute Gasteiger partial charge is 0.114 e. The van der Waals surface area contributed by atoms with E-state index in [1.807, 2.05) is 0 Å². The summed E-state index contributed by atoms with van der Waals surface area (Å²) >= 11 is 0. The molecule has 2 heterocycles. The molecule has 0 unspecified atom stereocenters. The molecule has 0 aliphatic carbocycles. The zero-order chi connectivity index (χ0) is 9.97. The Labute approximate surface area is 86.1 Å². The van der Waals surface area contributed by atoms with Crippen LogP contribution in [0.1, 0.15) is 19.8 Å². The number of likely N-dealkylation sites (tertiary alicyclic amines) is 2. The highest BCUT2D eigenvalue weighted by Crippen LogP contribution is 2.16. The maximum atomic E-state index is 12.9. The molecule has 0 bridgehead atoms. The van der Waals surface area contributed by atoms with Gasteiger partial charge in [-0.1, -0.05) is 6.92 Å². The summed E-state index contributed by atoms with van der Waals surface area (Å²) < 4.78 is 12.9. The van der Waals surface area contributed by atoms with Gasteiger partial charge in [-0.2, -0.15) is 0 Å². The van der Waals surface area contributed by atoms with E-state index in [1.165, 1.54) is 19.5 Å². The van der Waals surface area contributed by atoms with Gasteiger partial charge in [0.1, 0.15) is 6.17 Å². The van der Waals surface area contributed by atoms with Crippen LogP contribution >= 0.6 is 0 Å². The summed E-state index contributed by atoms with van der Waals surface area (Å²) in [4.78, 5) is 4.77. The number of hydrogen-bond acceptors (Lipinski definition) is 2. The van der Waals surface area contributed by atoms with Crippen molar-refractivity contribution in [2.75, 3.05) is 39.3 Å². The second kappa shape index (κ2) is 4.58. The fourth-order valence-corrected chi connectivity index (χ4v) is 2.50. The summed E-state index contributed by atoms with van der Waals surface area (Å²) in [7, 11) is 0.